The van der Waals surface area contributed by atoms with Crippen molar-refractivity contribution in [2.24, 2.45) is 11.7 Å². The number of piperidine rings is 1. The smallest absolute Gasteiger partial charge is 0.410 e. The van der Waals surface area contributed by atoms with E-state index in [9.17, 15) is 24.0 Å². The first-order valence-corrected chi connectivity index (χ1v) is 10.2. The van der Waals surface area contributed by atoms with E-state index in [1.54, 1.807) is 6.92 Å². The number of nitrogens with one attached hydrogen (secondary N) is 1. The molecule has 0 bridgehead atoms. The minimum atomic E-state index is -0.723. The Labute approximate surface area is 188 Å². The fraction of sp³-hybridized carbons (Fsp3) is 0.381. The number of esters is 1. The summed E-state index contributed by atoms with van der Waals surface area (Å²) in [5.74, 6) is -2.28. The van der Waals surface area contributed by atoms with Gasteiger partial charge in [0.1, 0.15) is 11.4 Å². The largest absolute Gasteiger partial charge is 0.463 e. The highest BCUT2D eigenvalue weighted by molar-refractivity contribution is 5.98. The minimum absolute atomic E-state index is 0.0509. The monoisotopic (exact) mass is 458 g/mol. The van der Waals surface area contributed by atoms with Crippen LogP contribution < -0.4 is 11.1 Å². The van der Waals surface area contributed by atoms with Crippen molar-refractivity contribution in [3.05, 3.63) is 41.8 Å². The molecule has 12 heteroatoms. The van der Waals surface area contributed by atoms with Gasteiger partial charge in [-0.05, 0) is 37.6 Å². The number of hydrogen-bond acceptors (Lipinski definition) is 8. The second kappa shape index (κ2) is 10.4. The van der Waals surface area contributed by atoms with Crippen LogP contribution in [0.15, 0.2) is 30.5 Å². The van der Waals surface area contributed by atoms with Gasteiger partial charge in [-0.1, -0.05) is 0 Å². The molecule has 0 aliphatic carbocycles. The highest BCUT2D eigenvalue weighted by Crippen LogP contribution is 2.30. The van der Waals surface area contributed by atoms with E-state index in [0.717, 1.165) is 0 Å². The number of rotatable bonds is 7. The number of carbonyl (C=O) groups is 3. The zero-order chi connectivity index (χ0) is 24.0. The molecular formula is C21H23FN6O5. The zero-order valence-corrected chi connectivity index (χ0v) is 17.9. The molecule has 174 valence electrons. The lowest BCUT2D eigenvalue weighted by Gasteiger charge is -2.34. The van der Waals surface area contributed by atoms with Crippen molar-refractivity contribution in [3.8, 4) is 6.07 Å². The van der Waals surface area contributed by atoms with E-state index in [2.05, 4.69) is 16.5 Å². The van der Waals surface area contributed by atoms with Crippen molar-refractivity contribution in [2.75, 3.05) is 31.6 Å². The summed E-state index contributed by atoms with van der Waals surface area (Å²) in [6, 6.07) is 7.20. The van der Waals surface area contributed by atoms with E-state index in [0.29, 0.717) is 12.1 Å². The second-order valence-electron chi connectivity index (χ2n) is 7.26. The van der Waals surface area contributed by atoms with Crippen molar-refractivity contribution in [1.29, 1.82) is 5.26 Å². The van der Waals surface area contributed by atoms with Gasteiger partial charge in [-0.25, -0.2) is 14.0 Å². The van der Waals surface area contributed by atoms with Crippen molar-refractivity contribution in [1.82, 2.24) is 14.7 Å². The lowest BCUT2D eigenvalue weighted by molar-refractivity contribution is -0.146. The first-order valence-electron chi connectivity index (χ1n) is 10.2. The number of carbonyl (C=O) groups excluding carboxylic acids is 3. The molecule has 1 fully saturated rings. The fourth-order valence-corrected chi connectivity index (χ4v) is 3.47. The molecule has 2 heterocycles. The Bertz CT molecular complexity index is 1060. The average Bonchev–Trinajstić information content (AvgIpc) is 3.22. The maximum absolute atomic E-state index is 13.2. The van der Waals surface area contributed by atoms with Crippen molar-refractivity contribution < 1.29 is 28.2 Å². The molecule has 2 atom stereocenters. The van der Waals surface area contributed by atoms with E-state index < -0.39 is 42.4 Å². The third kappa shape index (κ3) is 5.76. The zero-order valence-electron chi connectivity index (χ0n) is 17.9. The average molecular weight is 458 g/mol. The van der Waals surface area contributed by atoms with Crippen LogP contribution >= 0.6 is 0 Å². The van der Waals surface area contributed by atoms with Crippen LogP contribution in [0.5, 0.6) is 0 Å². The van der Waals surface area contributed by atoms with Gasteiger partial charge in [-0.3, -0.25) is 9.48 Å². The number of anilines is 2. The normalized spacial score (nSPS) is 17.7. The van der Waals surface area contributed by atoms with Gasteiger partial charge in [-0.2, -0.15) is 10.4 Å². The number of primary amides is 1. The van der Waals surface area contributed by atoms with Crippen LogP contribution in [0.4, 0.5) is 20.7 Å². The van der Waals surface area contributed by atoms with Crippen LogP contribution in [0.25, 0.3) is 0 Å². The lowest BCUT2D eigenvalue weighted by Crippen LogP contribution is -2.44. The van der Waals surface area contributed by atoms with Crippen molar-refractivity contribution in [3.63, 3.8) is 0 Å². The molecule has 0 saturated carbocycles. The van der Waals surface area contributed by atoms with E-state index in [1.165, 1.54) is 40.0 Å². The molecule has 0 unspecified atom stereocenters. The molecular weight excluding hydrogens is 435 g/mol. The first kappa shape index (κ1) is 23.5. The number of ether oxygens (including phenoxy) is 2. The van der Waals surface area contributed by atoms with Gasteiger partial charge < -0.3 is 25.4 Å². The van der Waals surface area contributed by atoms with Crippen LogP contribution in [0.2, 0.25) is 0 Å². The summed E-state index contributed by atoms with van der Waals surface area (Å²) in [6.45, 7) is 1.60. The topological polar surface area (TPSA) is 153 Å². The highest BCUT2D eigenvalue weighted by atomic mass is 19.1. The van der Waals surface area contributed by atoms with E-state index in [1.807, 2.05) is 0 Å². The van der Waals surface area contributed by atoms with E-state index >= 15 is 0 Å². The highest BCUT2D eigenvalue weighted by Gasteiger charge is 2.35. The minimum Gasteiger partial charge on any atom is -0.463 e. The molecule has 33 heavy (non-hydrogen) atoms. The van der Waals surface area contributed by atoms with Crippen LogP contribution in [0.1, 0.15) is 29.7 Å². The van der Waals surface area contributed by atoms with Gasteiger partial charge in [0.25, 0.3) is 5.91 Å². The van der Waals surface area contributed by atoms with Gasteiger partial charge >= 0.3 is 12.1 Å². The molecule has 1 aliphatic rings. The molecule has 1 saturated heterocycles. The molecule has 1 aromatic heterocycles. The van der Waals surface area contributed by atoms with Crippen LogP contribution in [-0.4, -0.2) is 59.0 Å². The maximum Gasteiger partial charge on any atom is 0.410 e. The van der Waals surface area contributed by atoms with E-state index in [4.69, 9.17) is 15.2 Å². The molecule has 11 nitrogen and oxygen atoms in total. The molecule has 0 spiro atoms. The Morgan fingerprint density at radius 2 is 2.03 bits per heavy atom. The Hall–Kier alpha value is -4.14. The molecule has 2 aromatic rings. The van der Waals surface area contributed by atoms with Gasteiger partial charge in [0, 0.05) is 25.0 Å². The second-order valence-corrected chi connectivity index (χ2v) is 7.26. The third-order valence-electron chi connectivity index (χ3n) is 5.06. The summed E-state index contributed by atoms with van der Waals surface area (Å²) in [5.41, 5.74) is 6.08. The standard InChI is InChI=1S/C21H23FN6O5/c1-2-32-18(29)12-33-21(31)27-8-7-17(13(9-23)10-27)28-11-16(19(24)30)20(26-28)25-15-5-3-14(22)4-6-15/h3-6,11,13,17H,2,7-8,10,12H2,1H3,(H2,24,30)(H,25,26)/t13-,17-/m0/s1. The number of aromatic nitrogens is 2. The lowest BCUT2D eigenvalue weighted by atomic mass is 9.94. The number of hydrogen-bond donors (Lipinski definition) is 2. The summed E-state index contributed by atoms with van der Waals surface area (Å²) in [4.78, 5) is 36.9. The van der Waals surface area contributed by atoms with Crippen molar-refractivity contribution in [2.45, 2.75) is 19.4 Å². The summed E-state index contributed by atoms with van der Waals surface area (Å²) in [7, 11) is 0. The predicted octanol–water partition coefficient (Wildman–Crippen LogP) is 1.95. The number of nitrogens with two attached hydrogens (primary N) is 1. The number of nitrogens with zero attached hydrogens (tertiary/aromatic N) is 4. The number of benzene rings is 1. The summed E-state index contributed by atoms with van der Waals surface area (Å²) in [6.07, 6.45) is 1.07. The van der Waals surface area contributed by atoms with Crippen LogP contribution in [-0.2, 0) is 14.3 Å². The first-order chi connectivity index (χ1) is 15.8. The quantitative estimate of drug-likeness (QED) is 0.597. The Balaban J connectivity index is 1.72. The van der Waals surface area contributed by atoms with Gasteiger partial charge in [0.15, 0.2) is 12.4 Å². The molecule has 3 rings (SSSR count). The number of amides is 2. The van der Waals surface area contributed by atoms with Crippen molar-refractivity contribution >= 4 is 29.5 Å². The van der Waals surface area contributed by atoms with Gasteiger partial charge in [-0.15, -0.1) is 0 Å². The van der Waals surface area contributed by atoms with Gasteiger partial charge in [0.05, 0.1) is 24.6 Å². The molecule has 2 amide bonds. The summed E-state index contributed by atoms with van der Waals surface area (Å²) in [5, 5.41) is 17.0. The van der Waals surface area contributed by atoms with Crippen LogP contribution in [0, 0.1) is 23.1 Å². The third-order valence-corrected chi connectivity index (χ3v) is 5.06. The Morgan fingerprint density at radius 3 is 2.67 bits per heavy atom. The summed E-state index contributed by atoms with van der Waals surface area (Å²) < 4.78 is 24.3. The fourth-order valence-electron chi connectivity index (χ4n) is 3.47. The SMILES string of the molecule is CCOC(=O)COC(=O)N1CC[C@H](n2cc(C(N)=O)c(Nc3ccc(F)cc3)n2)[C@@H](C#N)C1. The molecule has 1 aliphatic heterocycles. The van der Waals surface area contributed by atoms with Crippen LogP contribution in [0.3, 0.4) is 0 Å². The molecule has 1 aromatic carbocycles. The Kier molecular flexibility index (Phi) is 7.45. The van der Waals surface area contributed by atoms with Gasteiger partial charge in [0.2, 0.25) is 0 Å². The number of halogens is 1. The molecule has 0 radical (unpaired) electrons. The number of likely N-dealkylation sites (tertiary alicyclic amines) is 1. The maximum atomic E-state index is 13.2. The number of nitriles is 1. The summed E-state index contributed by atoms with van der Waals surface area (Å²) >= 11 is 0. The predicted molar refractivity (Wildman–Crippen MR) is 113 cm³/mol. The molecule has 3 N–H and O–H groups in total. The Morgan fingerprint density at radius 1 is 1.30 bits per heavy atom. The van der Waals surface area contributed by atoms with E-state index in [-0.39, 0.29) is 31.1 Å².